The summed E-state index contributed by atoms with van der Waals surface area (Å²) in [7, 11) is 0. The van der Waals surface area contributed by atoms with Gasteiger partial charge in [0.1, 0.15) is 18.4 Å². The van der Waals surface area contributed by atoms with Gasteiger partial charge in [-0.05, 0) is 51.5 Å². The summed E-state index contributed by atoms with van der Waals surface area (Å²) < 4.78 is 11.4. The molecule has 1 aromatic rings. The number of cyclic esters (lactones) is 1. The molecule has 0 aromatic carbocycles. The van der Waals surface area contributed by atoms with Crippen LogP contribution in [0.1, 0.15) is 76.7 Å². The van der Waals surface area contributed by atoms with E-state index in [0.29, 0.717) is 44.5 Å². The average Bonchev–Trinajstić information content (AvgIpc) is 3.53. The summed E-state index contributed by atoms with van der Waals surface area (Å²) in [6.45, 7) is 10.0. The lowest BCUT2D eigenvalue weighted by Gasteiger charge is -2.29. The molecule has 2 aliphatic heterocycles. The predicted molar refractivity (Wildman–Crippen MR) is 143 cm³/mol. The van der Waals surface area contributed by atoms with E-state index < -0.39 is 24.2 Å². The first-order valence-corrected chi connectivity index (χ1v) is 13.5. The number of hydrogen-bond acceptors (Lipinski definition) is 7. The number of esters is 1. The van der Waals surface area contributed by atoms with Gasteiger partial charge in [-0.25, -0.2) is 9.78 Å². The Hall–Kier alpha value is -3.20. The van der Waals surface area contributed by atoms with Crippen molar-refractivity contribution in [1.29, 1.82) is 0 Å². The number of aromatic nitrogens is 1. The number of aryl methyl sites for hydroxylation is 1. The summed E-state index contributed by atoms with van der Waals surface area (Å²) in [5.41, 5.74) is 1.04. The summed E-state index contributed by atoms with van der Waals surface area (Å²) >= 11 is 0. The Morgan fingerprint density at radius 3 is 2.61 bits per heavy atom. The van der Waals surface area contributed by atoms with E-state index in [-0.39, 0.29) is 35.4 Å². The molecule has 1 fully saturated rings. The molecular formula is C29H41N3O6. The maximum Gasteiger partial charge on any atom is 0.329 e. The van der Waals surface area contributed by atoms with E-state index in [1.807, 2.05) is 46.8 Å². The van der Waals surface area contributed by atoms with Crippen LogP contribution in [0.2, 0.25) is 0 Å². The number of nitrogens with zero attached hydrogens (tertiary/aromatic N) is 2. The number of amides is 2. The standard InChI is InChI=1S/C29H41N3O6/c1-18(2)27-20(4)12-14-25(34)30-21(5)13-11-19(3)16-22(33)8-6-10-26-31-23(17-37-26)28(35)32-15-7-9-24(32)29(36)38-27/h11-14,16-18,20-22,24,27,33H,6-10,15H2,1-5H3,(H,30,34)/b13-11+,14-12+,19-16+/t20-,21+,22+,24-,27-/m1/s1. The highest BCUT2D eigenvalue weighted by Crippen LogP contribution is 2.25. The summed E-state index contributed by atoms with van der Waals surface area (Å²) in [6.07, 6.45) is 11.7. The van der Waals surface area contributed by atoms with E-state index in [1.165, 1.54) is 17.2 Å². The minimum atomic E-state index is -0.692. The zero-order chi connectivity index (χ0) is 27.8. The monoisotopic (exact) mass is 527 g/mol. The van der Waals surface area contributed by atoms with Crippen molar-refractivity contribution in [3.8, 4) is 0 Å². The van der Waals surface area contributed by atoms with Crippen LogP contribution in [0.4, 0.5) is 0 Å². The van der Waals surface area contributed by atoms with Crippen molar-refractivity contribution in [2.24, 2.45) is 11.8 Å². The zero-order valence-corrected chi connectivity index (χ0v) is 23.1. The van der Waals surface area contributed by atoms with Crippen molar-refractivity contribution in [2.45, 2.75) is 91.0 Å². The molecule has 0 aliphatic carbocycles. The van der Waals surface area contributed by atoms with Gasteiger partial charge >= 0.3 is 5.97 Å². The van der Waals surface area contributed by atoms with E-state index in [0.717, 1.165) is 5.57 Å². The van der Waals surface area contributed by atoms with E-state index >= 15 is 0 Å². The number of allylic oxidation sites excluding steroid dienone is 2. The Kier molecular flexibility index (Phi) is 10.5. The van der Waals surface area contributed by atoms with E-state index in [1.54, 1.807) is 12.2 Å². The fourth-order valence-corrected chi connectivity index (χ4v) is 4.86. The zero-order valence-electron chi connectivity index (χ0n) is 23.1. The molecule has 2 N–H and O–H groups in total. The number of oxazole rings is 1. The number of carbonyl (C=O) groups is 3. The second kappa shape index (κ2) is 13.6. The number of aliphatic hydroxyl groups is 1. The molecule has 9 nitrogen and oxygen atoms in total. The predicted octanol–water partition coefficient (Wildman–Crippen LogP) is 3.74. The quantitative estimate of drug-likeness (QED) is 0.534. The molecule has 1 aromatic heterocycles. The second-order valence-electron chi connectivity index (χ2n) is 10.7. The Labute approximate surface area is 225 Å². The molecule has 38 heavy (non-hydrogen) atoms. The Balaban J connectivity index is 1.84. The molecule has 2 amide bonds. The van der Waals surface area contributed by atoms with Crippen molar-refractivity contribution in [3.05, 3.63) is 53.8 Å². The van der Waals surface area contributed by atoms with Crippen LogP contribution < -0.4 is 5.32 Å². The van der Waals surface area contributed by atoms with E-state index in [4.69, 9.17) is 9.15 Å². The topological polar surface area (TPSA) is 122 Å². The Morgan fingerprint density at radius 2 is 1.87 bits per heavy atom. The molecule has 3 rings (SSSR count). The first kappa shape index (κ1) is 29.4. The SMILES string of the molecule is CC1=C\[C@@H](O)CCCc2nc(co2)C(=O)N2CCC[C@@H]2C(=O)O[C@H](C(C)C)[C@H](C)/C=C/C(=O)N[C@@H](C)\C=C\1. The van der Waals surface area contributed by atoms with Crippen LogP contribution >= 0.6 is 0 Å². The maximum atomic E-state index is 13.2. The number of fused-ring (bicyclic) bond motifs is 3. The number of hydrogen-bond donors (Lipinski definition) is 2. The van der Waals surface area contributed by atoms with Gasteiger partial charge in [-0.15, -0.1) is 0 Å². The molecule has 0 saturated carbocycles. The van der Waals surface area contributed by atoms with Crippen molar-refractivity contribution >= 4 is 17.8 Å². The largest absolute Gasteiger partial charge is 0.460 e. The molecule has 208 valence electrons. The van der Waals surface area contributed by atoms with Crippen LogP contribution in [0.25, 0.3) is 0 Å². The van der Waals surface area contributed by atoms with Gasteiger partial charge in [-0.3, -0.25) is 9.59 Å². The number of carbonyl (C=O) groups excluding carboxylic acids is 3. The van der Waals surface area contributed by atoms with Gasteiger partial charge in [0.15, 0.2) is 11.6 Å². The summed E-state index contributed by atoms with van der Waals surface area (Å²) in [5, 5.41) is 13.3. The molecule has 9 heteroatoms. The maximum absolute atomic E-state index is 13.2. The molecule has 3 heterocycles. The van der Waals surface area contributed by atoms with Crippen molar-refractivity contribution < 1.29 is 28.6 Å². The highest BCUT2D eigenvalue weighted by atomic mass is 16.5. The number of nitrogens with one attached hydrogen (secondary N) is 1. The second-order valence-corrected chi connectivity index (χ2v) is 10.7. The van der Waals surface area contributed by atoms with Gasteiger partial charge in [0.2, 0.25) is 5.91 Å². The van der Waals surface area contributed by atoms with Crippen LogP contribution in [0, 0.1) is 11.8 Å². The molecule has 2 bridgehead atoms. The highest BCUT2D eigenvalue weighted by molar-refractivity contribution is 5.95. The average molecular weight is 528 g/mol. The third kappa shape index (κ3) is 8.15. The third-order valence-corrected chi connectivity index (χ3v) is 6.90. The van der Waals surface area contributed by atoms with Crippen LogP contribution in [0.15, 0.2) is 46.6 Å². The van der Waals surface area contributed by atoms with Gasteiger partial charge in [0.25, 0.3) is 5.91 Å². The molecule has 1 saturated heterocycles. The van der Waals surface area contributed by atoms with Gasteiger partial charge in [-0.2, -0.15) is 0 Å². The summed E-state index contributed by atoms with van der Waals surface area (Å²) in [5.74, 6) is -0.843. The summed E-state index contributed by atoms with van der Waals surface area (Å²) in [6, 6.07) is -0.906. The lowest BCUT2D eigenvalue weighted by molar-refractivity contribution is -0.158. The van der Waals surface area contributed by atoms with E-state index in [2.05, 4.69) is 10.3 Å². The van der Waals surface area contributed by atoms with Crippen LogP contribution in [-0.4, -0.2) is 63.6 Å². The first-order valence-electron chi connectivity index (χ1n) is 13.5. The minimum Gasteiger partial charge on any atom is -0.460 e. The van der Waals surface area contributed by atoms with Crippen molar-refractivity contribution in [3.63, 3.8) is 0 Å². The van der Waals surface area contributed by atoms with Gasteiger partial charge in [0, 0.05) is 24.9 Å². The molecule has 0 unspecified atom stereocenters. The summed E-state index contributed by atoms with van der Waals surface area (Å²) in [4.78, 5) is 44.7. The highest BCUT2D eigenvalue weighted by Gasteiger charge is 2.38. The fraction of sp³-hybridized carbons (Fsp3) is 0.586. The molecule has 0 radical (unpaired) electrons. The van der Waals surface area contributed by atoms with Gasteiger partial charge in [-0.1, -0.05) is 50.6 Å². The lowest BCUT2D eigenvalue weighted by atomic mass is 9.94. The van der Waals surface area contributed by atoms with Crippen LogP contribution in [-0.2, 0) is 20.7 Å². The smallest absolute Gasteiger partial charge is 0.329 e. The van der Waals surface area contributed by atoms with Gasteiger partial charge in [0.05, 0.1) is 6.10 Å². The normalized spacial score (nSPS) is 31.7. The van der Waals surface area contributed by atoms with Crippen LogP contribution in [0.3, 0.4) is 0 Å². The van der Waals surface area contributed by atoms with Crippen molar-refractivity contribution in [1.82, 2.24) is 15.2 Å². The van der Waals surface area contributed by atoms with Crippen molar-refractivity contribution in [2.75, 3.05) is 6.54 Å². The Morgan fingerprint density at radius 1 is 1.11 bits per heavy atom. The lowest BCUT2D eigenvalue weighted by Crippen LogP contribution is -2.44. The number of aliphatic hydroxyl groups excluding tert-OH is 1. The minimum absolute atomic E-state index is 0.00626. The molecular weight excluding hydrogens is 486 g/mol. The molecule has 2 aliphatic rings. The molecule has 0 spiro atoms. The van der Waals surface area contributed by atoms with E-state index in [9.17, 15) is 19.5 Å². The van der Waals surface area contributed by atoms with Crippen LogP contribution in [0.5, 0.6) is 0 Å². The first-order chi connectivity index (χ1) is 18.0. The van der Waals surface area contributed by atoms with Gasteiger partial charge < -0.3 is 24.5 Å². The third-order valence-electron chi connectivity index (χ3n) is 6.90. The Bertz CT molecular complexity index is 1070. The number of rotatable bonds is 1. The molecule has 5 atom stereocenters. The fourth-order valence-electron chi connectivity index (χ4n) is 4.86. The number of ether oxygens (including phenoxy) is 1.